The molecule has 164 valence electrons. The summed E-state index contributed by atoms with van der Waals surface area (Å²) in [5.41, 5.74) is 10.3. The standard InChI is InChI=1S/C25H25ClN4O2/c1-29-7-9-30(10-8-29)17-4-5-18-19-11-16(15-3-6-23(32-2)21(26)13-15)12-20(25(27)31)24(19)28-22(18)14-17/h3-6,11-14,28H,7-10H2,1-2H3,(H2,27,31)/i2D3. The number of piperazine rings is 1. The van der Waals surface area contributed by atoms with Crippen LogP contribution in [0.5, 0.6) is 5.75 Å². The van der Waals surface area contributed by atoms with Crippen molar-refractivity contribution in [2.24, 2.45) is 5.73 Å². The molecular formula is C25H25ClN4O2. The SMILES string of the molecule is [2H]C([2H])([2H])Oc1ccc(-c2cc(C(N)=O)c3[nH]c4cc(N5CCN(C)CC5)ccc4c3c2)cc1Cl. The Morgan fingerprint density at radius 2 is 1.88 bits per heavy atom. The highest BCUT2D eigenvalue weighted by Crippen LogP contribution is 2.36. The fourth-order valence-electron chi connectivity index (χ4n) is 4.38. The lowest BCUT2D eigenvalue weighted by Gasteiger charge is -2.34. The number of amides is 1. The average molecular weight is 452 g/mol. The molecule has 1 fully saturated rings. The topological polar surface area (TPSA) is 74.6 Å². The Labute approximate surface area is 195 Å². The number of nitrogens with two attached hydrogens (primary N) is 1. The highest BCUT2D eigenvalue weighted by molar-refractivity contribution is 6.32. The van der Waals surface area contributed by atoms with Gasteiger partial charge in [-0.3, -0.25) is 4.79 Å². The number of anilines is 1. The van der Waals surface area contributed by atoms with Gasteiger partial charge < -0.3 is 25.3 Å². The Morgan fingerprint density at radius 3 is 2.59 bits per heavy atom. The summed E-state index contributed by atoms with van der Waals surface area (Å²) in [7, 11) is -0.474. The van der Waals surface area contributed by atoms with Gasteiger partial charge in [-0.2, -0.15) is 0 Å². The third-order valence-electron chi connectivity index (χ3n) is 6.20. The highest BCUT2D eigenvalue weighted by atomic mass is 35.5. The second-order valence-corrected chi connectivity index (χ2v) is 8.61. The molecule has 0 spiro atoms. The molecule has 1 amide bonds. The molecule has 7 heteroatoms. The van der Waals surface area contributed by atoms with Crippen LogP contribution in [-0.4, -0.2) is 56.1 Å². The number of H-pyrrole nitrogens is 1. The predicted molar refractivity (Wildman–Crippen MR) is 131 cm³/mol. The Kier molecular flexibility index (Phi) is 4.36. The van der Waals surface area contributed by atoms with Gasteiger partial charge in [0.25, 0.3) is 5.91 Å². The van der Waals surface area contributed by atoms with Crippen LogP contribution in [0.1, 0.15) is 14.5 Å². The zero-order chi connectivity index (χ0) is 24.9. The molecule has 0 radical (unpaired) electrons. The quantitative estimate of drug-likeness (QED) is 0.479. The van der Waals surface area contributed by atoms with Gasteiger partial charge in [-0.25, -0.2) is 0 Å². The number of nitrogens with zero attached hydrogens (tertiary/aromatic N) is 2. The summed E-state index contributed by atoms with van der Waals surface area (Å²) in [6, 6.07) is 14.8. The lowest BCUT2D eigenvalue weighted by molar-refractivity contribution is 0.100. The number of carbonyl (C=O) groups excluding carboxylic acids is 1. The van der Waals surface area contributed by atoms with Gasteiger partial charge in [0.1, 0.15) is 5.75 Å². The smallest absolute Gasteiger partial charge is 0.250 e. The molecule has 1 aliphatic heterocycles. The van der Waals surface area contributed by atoms with Crippen molar-refractivity contribution in [1.82, 2.24) is 9.88 Å². The van der Waals surface area contributed by atoms with Gasteiger partial charge in [0.2, 0.25) is 0 Å². The van der Waals surface area contributed by atoms with Crippen molar-refractivity contribution >= 4 is 45.0 Å². The number of likely N-dealkylation sites (N-methyl/N-ethyl adjacent to an activating group) is 1. The number of aromatic amines is 1. The maximum Gasteiger partial charge on any atom is 0.250 e. The largest absolute Gasteiger partial charge is 0.495 e. The van der Waals surface area contributed by atoms with E-state index in [1.165, 1.54) is 6.07 Å². The van der Waals surface area contributed by atoms with E-state index in [2.05, 4.69) is 40.0 Å². The number of benzene rings is 3. The average Bonchev–Trinajstić information content (AvgIpc) is 3.17. The van der Waals surface area contributed by atoms with Crippen LogP contribution in [0, 0.1) is 0 Å². The van der Waals surface area contributed by atoms with E-state index in [0.29, 0.717) is 16.6 Å². The summed E-state index contributed by atoms with van der Waals surface area (Å²) in [5, 5.41) is 2.01. The third kappa shape index (κ3) is 3.55. The predicted octanol–water partition coefficient (Wildman–Crippen LogP) is 4.50. The van der Waals surface area contributed by atoms with E-state index in [9.17, 15) is 4.79 Å². The lowest BCUT2D eigenvalue weighted by Crippen LogP contribution is -2.44. The molecule has 1 saturated heterocycles. The number of aromatic nitrogens is 1. The molecule has 0 unspecified atom stereocenters. The van der Waals surface area contributed by atoms with Crippen molar-refractivity contribution in [3.05, 3.63) is 59.1 Å². The van der Waals surface area contributed by atoms with E-state index in [-0.39, 0.29) is 10.8 Å². The molecule has 3 N–H and O–H groups in total. The van der Waals surface area contributed by atoms with E-state index < -0.39 is 12.9 Å². The van der Waals surface area contributed by atoms with Crippen molar-refractivity contribution in [3.8, 4) is 16.9 Å². The van der Waals surface area contributed by atoms with Crippen molar-refractivity contribution in [3.63, 3.8) is 0 Å². The van der Waals surface area contributed by atoms with E-state index in [0.717, 1.165) is 53.7 Å². The number of hydrogen-bond donors (Lipinski definition) is 2. The van der Waals surface area contributed by atoms with Crippen LogP contribution < -0.4 is 15.4 Å². The summed E-state index contributed by atoms with van der Waals surface area (Å²) < 4.78 is 26.8. The van der Waals surface area contributed by atoms with Crippen molar-refractivity contribution in [2.45, 2.75) is 0 Å². The zero-order valence-corrected chi connectivity index (χ0v) is 18.4. The summed E-state index contributed by atoms with van der Waals surface area (Å²) in [6.07, 6.45) is 0. The minimum atomic E-state index is -2.60. The van der Waals surface area contributed by atoms with Crippen LogP contribution in [0.2, 0.25) is 5.02 Å². The molecule has 1 aromatic heterocycles. The second-order valence-electron chi connectivity index (χ2n) is 8.20. The number of hydrogen-bond acceptors (Lipinski definition) is 4. The monoisotopic (exact) mass is 451 g/mol. The van der Waals surface area contributed by atoms with Gasteiger partial charge >= 0.3 is 0 Å². The summed E-state index contributed by atoms with van der Waals surface area (Å²) in [5.74, 6) is -0.480. The number of ether oxygens (including phenoxy) is 1. The molecule has 0 atom stereocenters. The fraction of sp³-hybridized carbons (Fsp3) is 0.240. The van der Waals surface area contributed by atoms with E-state index >= 15 is 0 Å². The first kappa shape index (κ1) is 17.3. The van der Waals surface area contributed by atoms with Crippen molar-refractivity contribution in [2.75, 3.05) is 45.2 Å². The first-order chi connectivity index (χ1) is 16.6. The lowest BCUT2D eigenvalue weighted by atomic mass is 9.98. The minimum absolute atomic E-state index is 0.0650. The normalized spacial score (nSPS) is 16.7. The maximum absolute atomic E-state index is 12.4. The van der Waals surface area contributed by atoms with Gasteiger partial charge in [-0.1, -0.05) is 23.7 Å². The number of carbonyl (C=O) groups is 1. The number of halogens is 1. The van der Waals surface area contributed by atoms with Crippen molar-refractivity contribution < 1.29 is 13.6 Å². The van der Waals surface area contributed by atoms with Crippen LogP contribution in [-0.2, 0) is 0 Å². The zero-order valence-electron chi connectivity index (χ0n) is 20.6. The first-order valence-electron chi connectivity index (χ1n) is 11.9. The molecule has 0 bridgehead atoms. The van der Waals surface area contributed by atoms with E-state index in [1.807, 2.05) is 6.07 Å². The van der Waals surface area contributed by atoms with Gasteiger partial charge in [-0.15, -0.1) is 0 Å². The summed E-state index contributed by atoms with van der Waals surface area (Å²) in [6.45, 7) is 3.94. The Bertz CT molecular complexity index is 1440. The van der Waals surface area contributed by atoms with Gasteiger partial charge in [-0.05, 0) is 54.6 Å². The summed E-state index contributed by atoms with van der Waals surface area (Å²) >= 11 is 6.30. The summed E-state index contributed by atoms with van der Waals surface area (Å²) in [4.78, 5) is 20.4. The molecule has 32 heavy (non-hydrogen) atoms. The molecule has 2 heterocycles. The van der Waals surface area contributed by atoms with Crippen LogP contribution >= 0.6 is 11.6 Å². The van der Waals surface area contributed by atoms with Crippen LogP contribution in [0.25, 0.3) is 32.9 Å². The molecule has 6 nitrogen and oxygen atoms in total. The van der Waals surface area contributed by atoms with Crippen molar-refractivity contribution in [1.29, 1.82) is 0 Å². The first-order valence-corrected chi connectivity index (χ1v) is 10.8. The Balaban J connectivity index is 1.59. The van der Waals surface area contributed by atoms with E-state index in [1.54, 1.807) is 18.2 Å². The number of fused-ring (bicyclic) bond motifs is 3. The van der Waals surface area contributed by atoms with Gasteiger partial charge in [0.05, 0.1) is 27.3 Å². The van der Waals surface area contributed by atoms with Crippen LogP contribution in [0.3, 0.4) is 0 Å². The molecule has 0 saturated carbocycles. The molecule has 5 rings (SSSR count). The van der Waals surface area contributed by atoms with Crippen LogP contribution in [0.4, 0.5) is 5.69 Å². The van der Waals surface area contributed by atoms with Gasteiger partial charge in [0, 0.05) is 48.2 Å². The molecule has 1 aliphatic rings. The highest BCUT2D eigenvalue weighted by Gasteiger charge is 2.18. The number of primary amides is 1. The molecule has 4 aromatic rings. The second kappa shape index (κ2) is 8.04. The maximum atomic E-state index is 12.4. The number of methoxy groups -OCH3 is 1. The van der Waals surface area contributed by atoms with Gasteiger partial charge in [0.15, 0.2) is 0 Å². The Hall–Kier alpha value is -3.22. The minimum Gasteiger partial charge on any atom is -0.495 e. The molecule has 3 aromatic carbocycles. The third-order valence-corrected chi connectivity index (χ3v) is 6.50. The van der Waals surface area contributed by atoms with Crippen LogP contribution in [0.15, 0.2) is 48.5 Å². The fourth-order valence-corrected chi connectivity index (χ4v) is 4.60. The number of nitrogens with one attached hydrogen (secondary N) is 1. The number of rotatable bonds is 4. The molecule has 0 aliphatic carbocycles. The molecular weight excluding hydrogens is 424 g/mol. The Morgan fingerprint density at radius 1 is 1.06 bits per heavy atom. The van der Waals surface area contributed by atoms with E-state index in [4.69, 9.17) is 26.2 Å².